The third kappa shape index (κ3) is 2.77. The topological polar surface area (TPSA) is 37.8 Å². The van der Waals surface area contributed by atoms with Crippen molar-refractivity contribution in [3.8, 4) is 0 Å². The minimum atomic E-state index is -0.117. The number of nitrogens with zero attached hydrogens (tertiary/aromatic N) is 2. The van der Waals surface area contributed by atoms with Gasteiger partial charge in [0.05, 0.1) is 5.69 Å². The summed E-state index contributed by atoms with van der Waals surface area (Å²) in [6.07, 6.45) is 2.66. The van der Waals surface area contributed by atoms with Gasteiger partial charge in [-0.1, -0.05) is 12.1 Å². The summed E-state index contributed by atoms with van der Waals surface area (Å²) in [6, 6.07) is 9.29. The van der Waals surface area contributed by atoms with Crippen molar-refractivity contribution < 1.29 is 4.39 Å². The third-order valence-electron chi connectivity index (χ3n) is 3.18. The van der Waals surface area contributed by atoms with Gasteiger partial charge in [-0.3, -0.25) is 0 Å². The van der Waals surface area contributed by atoms with Crippen LogP contribution in [0.4, 0.5) is 4.39 Å². The molecule has 3 rings (SSSR count). The smallest absolute Gasteiger partial charge is 0.137 e. The molecule has 0 amide bonds. The maximum atomic E-state index is 13.7. The van der Waals surface area contributed by atoms with Gasteiger partial charge in [0.25, 0.3) is 0 Å². The summed E-state index contributed by atoms with van der Waals surface area (Å²) in [7, 11) is 0. The second-order valence-corrected chi connectivity index (χ2v) is 5.55. The summed E-state index contributed by atoms with van der Waals surface area (Å²) in [5, 5.41) is 11.3. The van der Waals surface area contributed by atoms with E-state index in [9.17, 15) is 4.39 Å². The first-order valence-electron chi connectivity index (χ1n) is 6.26. The Morgan fingerprint density at radius 1 is 1.32 bits per heavy atom. The summed E-state index contributed by atoms with van der Waals surface area (Å²) < 4.78 is 13.7. The highest BCUT2D eigenvalue weighted by atomic mass is 32.2. The molecule has 5 heteroatoms. The van der Waals surface area contributed by atoms with Gasteiger partial charge < -0.3 is 5.32 Å². The minimum Gasteiger partial charge on any atom is -0.304 e. The molecule has 0 saturated heterocycles. The molecule has 19 heavy (non-hydrogen) atoms. The molecule has 1 aliphatic heterocycles. The predicted octanol–water partition coefficient (Wildman–Crippen LogP) is 2.94. The molecule has 1 aromatic heterocycles. The largest absolute Gasteiger partial charge is 0.304 e. The number of hydrogen-bond donors (Lipinski definition) is 1. The van der Waals surface area contributed by atoms with Crippen LogP contribution >= 0.6 is 11.8 Å². The van der Waals surface area contributed by atoms with Crippen LogP contribution in [-0.2, 0) is 6.54 Å². The zero-order valence-corrected chi connectivity index (χ0v) is 11.2. The SMILES string of the molecule is Fc1cccc2c1SCCC2NCc1cccnn1. The van der Waals surface area contributed by atoms with Crippen LogP contribution in [0, 0.1) is 5.82 Å². The second kappa shape index (κ2) is 5.67. The van der Waals surface area contributed by atoms with E-state index in [0.29, 0.717) is 6.54 Å². The first-order valence-corrected chi connectivity index (χ1v) is 7.24. The Balaban J connectivity index is 1.75. The molecule has 98 valence electrons. The van der Waals surface area contributed by atoms with Crippen LogP contribution in [0.25, 0.3) is 0 Å². The summed E-state index contributed by atoms with van der Waals surface area (Å²) in [5.74, 6) is 0.819. The van der Waals surface area contributed by atoms with Gasteiger partial charge in [-0.25, -0.2) is 4.39 Å². The molecule has 3 nitrogen and oxygen atoms in total. The number of hydrogen-bond acceptors (Lipinski definition) is 4. The van der Waals surface area contributed by atoms with Crippen LogP contribution in [0.15, 0.2) is 41.4 Å². The van der Waals surface area contributed by atoms with E-state index in [1.54, 1.807) is 24.0 Å². The number of aromatic nitrogens is 2. The van der Waals surface area contributed by atoms with Gasteiger partial charge in [-0.05, 0) is 35.9 Å². The minimum absolute atomic E-state index is 0.117. The Morgan fingerprint density at radius 3 is 3.11 bits per heavy atom. The number of thioether (sulfide) groups is 1. The lowest BCUT2D eigenvalue weighted by Crippen LogP contribution is -2.25. The number of rotatable bonds is 3. The Hall–Kier alpha value is -1.46. The molecule has 0 fully saturated rings. The molecule has 0 bridgehead atoms. The highest BCUT2D eigenvalue weighted by Gasteiger charge is 2.22. The zero-order valence-electron chi connectivity index (χ0n) is 10.3. The molecule has 1 aromatic carbocycles. The van der Waals surface area contributed by atoms with E-state index in [-0.39, 0.29) is 11.9 Å². The number of benzene rings is 1. The maximum absolute atomic E-state index is 13.7. The van der Waals surface area contributed by atoms with Crippen molar-refractivity contribution in [2.45, 2.75) is 23.9 Å². The van der Waals surface area contributed by atoms with E-state index in [1.807, 2.05) is 18.2 Å². The van der Waals surface area contributed by atoms with E-state index < -0.39 is 0 Å². The number of nitrogens with one attached hydrogen (secondary N) is 1. The summed E-state index contributed by atoms with van der Waals surface area (Å²) in [4.78, 5) is 0.783. The van der Waals surface area contributed by atoms with E-state index >= 15 is 0 Å². The second-order valence-electron chi connectivity index (χ2n) is 4.44. The first-order chi connectivity index (χ1) is 9.34. The van der Waals surface area contributed by atoms with Gasteiger partial charge >= 0.3 is 0 Å². The molecule has 1 atom stereocenters. The first kappa shape index (κ1) is 12.6. The Kier molecular flexibility index (Phi) is 3.75. The van der Waals surface area contributed by atoms with Crippen molar-refractivity contribution in [1.82, 2.24) is 15.5 Å². The van der Waals surface area contributed by atoms with Crippen molar-refractivity contribution in [2.75, 3.05) is 5.75 Å². The van der Waals surface area contributed by atoms with Gasteiger partial charge in [-0.15, -0.1) is 11.8 Å². The molecular formula is C14H14FN3S. The Bertz CT molecular complexity index is 562. The lowest BCUT2D eigenvalue weighted by Gasteiger charge is -2.26. The molecule has 0 aliphatic carbocycles. The molecule has 2 aromatic rings. The number of fused-ring (bicyclic) bond motifs is 1. The lowest BCUT2D eigenvalue weighted by molar-refractivity contribution is 0.491. The van der Waals surface area contributed by atoms with E-state index in [2.05, 4.69) is 15.5 Å². The van der Waals surface area contributed by atoms with Crippen molar-refractivity contribution in [1.29, 1.82) is 0 Å². The fourth-order valence-corrected chi connectivity index (χ4v) is 3.39. The van der Waals surface area contributed by atoms with Gasteiger partial charge in [0.15, 0.2) is 0 Å². The highest BCUT2D eigenvalue weighted by molar-refractivity contribution is 7.99. The predicted molar refractivity (Wildman–Crippen MR) is 73.4 cm³/mol. The quantitative estimate of drug-likeness (QED) is 0.934. The van der Waals surface area contributed by atoms with Gasteiger partial charge in [0.2, 0.25) is 0 Å². The summed E-state index contributed by atoms with van der Waals surface area (Å²) >= 11 is 1.60. The van der Waals surface area contributed by atoms with Crippen molar-refractivity contribution in [2.24, 2.45) is 0 Å². The zero-order chi connectivity index (χ0) is 13.1. The van der Waals surface area contributed by atoms with E-state index in [1.165, 1.54) is 6.07 Å². The van der Waals surface area contributed by atoms with Crippen LogP contribution < -0.4 is 5.32 Å². The van der Waals surface area contributed by atoms with Gasteiger partial charge in [0, 0.05) is 23.7 Å². The molecule has 0 radical (unpaired) electrons. The van der Waals surface area contributed by atoms with Crippen LogP contribution in [0.5, 0.6) is 0 Å². The molecule has 1 aliphatic rings. The van der Waals surface area contributed by atoms with Crippen molar-refractivity contribution in [3.05, 3.63) is 53.6 Å². The fourth-order valence-electron chi connectivity index (χ4n) is 2.25. The molecule has 1 N–H and O–H groups in total. The summed E-state index contributed by atoms with van der Waals surface area (Å²) in [5.41, 5.74) is 1.96. The molecule has 2 heterocycles. The van der Waals surface area contributed by atoms with Crippen LogP contribution in [-0.4, -0.2) is 16.0 Å². The van der Waals surface area contributed by atoms with Crippen LogP contribution in [0.3, 0.4) is 0 Å². The Labute approximate surface area is 115 Å². The highest BCUT2D eigenvalue weighted by Crippen LogP contribution is 2.37. The fraction of sp³-hybridized carbons (Fsp3) is 0.286. The lowest BCUT2D eigenvalue weighted by atomic mass is 10.0. The number of halogens is 1. The van der Waals surface area contributed by atoms with Crippen molar-refractivity contribution in [3.63, 3.8) is 0 Å². The molecule has 0 saturated carbocycles. The monoisotopic (exact) mass is 275 g/mol. The third-order valence-corrected chi connectivity index (χ3v) is 4.34. The maximum Gasteiger partial charge on any atom is 0.137 e. The average Bonchev–Trinajstić information content (AvgIpc) is 2.47. The standard InChI is InChI=1S/C14H14FN3S/c15-12-5-1-4-11-13(6-8-19-14(11)12)16-9-10-3-2-7-17-18-10/h1-5,7,13,16H,6,8-9H2. The normalized spacial score (nSPS) is 18.1. The average molecular weight is 275 g/mol. The van der Waals surface area contributed by atoms with Gasteiger partial charge in [-0.2, -0.15) is 10.2 Å². The van der Waals surface area contributed by atoms with E-state index in [0.717, 1.165) is 28.3 Å². The molecule has 1 unspecified atom stereocenters. The Morgan fingerprint density at radius 2 is 2.26 bits per heavy atom. The molecular weight excluding hydrogens is 261 g/mol. The van der Waals surface area contributed by atoms with Crippen LogP contribution in [0.2, 0.25) is 0 Å². The van der Waals surface area contributed by atoms with Crippen LogP contribution in [0.1, 0.15) is 23.7 Å². The molecule has 0 spiro atoms. The van der Waals surface area contributed by atoms with Gasteiger partial charge in [0.1, 0.15) is 5.82 Å². The van der Waals surface area contributed by atoms with Crippen molar-refractivity contribution >= 4 is 11.8 Å². The van der Waals surface area contributed by atoms with E-state index in [4.69, 9.17) is 0 Å². The summed E-state index contributed by atoms with van der Waals surface area (Å²) in [6.45, 7) is 0.652.